The first-order valence-electron chi connectivity index (χ1n) is 8.61. The molecule has 1 heterocycles. The molecular weight excluding hydrogens is 342 g/mol. The van der Waals surface area contributed by atoms with Crippen molar-refractivity contribution in [2.75, 3.05) is 55.7 Å². The van der Waals surface area contributed by atoms with Crippen molar-refractivity contribution in [1.29, 1.82) is 0 Å². The molecule has 1 aliphatic heterocycles. The normalized spacial score (nSPS) is 15.8. The zero-order chi connectivity index (χ0) is 18.3. The first-order chi connectivity index (χ1) is 11.9. The van der Waals surface area contributed by atoms with Crippen LogP contribution in [0.25, 0.3) is 0 Å². The standard InChI is InChI=1S/C17H27N3O4S/c1-2-24-16-6-4-15(5-7-16)19-9-3-10-20(12-11-19)17(21)14-25(22,23)13-8-18/h4-7H,2-3,8-14,18H2,1H3. The van der Waals surface area contributed by atoms with Crippen LogP contribution in [0.3, 0.4) is 0 Å². The zero-order valence-corrected chi connectivity index (χ0v) is 15.5. The molecule has 7 nitrogen and oxygen atoms in total. The van der Waals surface area contributed by atoms with Gasteiger partial charge in [0, 0.05) is 38.4 Å². The average molecular weight is 369 g/mol. The van der Waals surface area contributed by atoms with Crippen molar-refractivity contribution in [3.63, 3.8) is 0 Å². The van der Waals surface area contributed by atoms with Crippen molar-refractivity contribution < 1.29 is 17.9 Å². The number of nitrogens with two attached hydrogens (primary N) is 1. The molecule has 2 rings (SSSR count). The predicted octanol–water partition coefficient (Wildman–Crippen LogP) is 0.498. The maximum absolute atomic E-state index is 12.3. The molecule has 0 aromatic heterocycles. The van der Waals surface area contributed by atoms with Crippen molar-refractivity contribution >= 4 is 21.4 Å². The quantitative estimate of drug-likeness (QED) is 0.752. The van der Waals surface area contributed by atoms with Crippen molar-refractivity contribution in [2.24, 2.45) is 5.73 Å². The van der Waals surface area contributed by atoms with E-state index < -0.39 is 15.6 Å². The number of sulfone groups is 1. The number of rotatable bonds is 7. The van der Waals surface area contributed by atoms with Gasteiger partial charge in [-0.05, 0) is 37.6 Å². The highest BCUT2D eigenvalue weighted by molar-refractivity contribution is 7.92. The van der Waals surface area contributed by atoms with Gasteiger partial charge in [0.05, 0.1) is 12.4 Å². The van der Waals surface area contributed by atoms with Crippen molar-refractivity contribution in [3.8, 4) is 5.75 Å². The van der Waals surface area contributed by atoms with Crippen LogP contribution in [0.2, 0.25) is 0 Å². The third kappa shape index (κ3) is 5.89. The molecule has 0 spiro atoms. The average Bonchev–Trinajstić information content (AvgIpc) is 2.81. The van der Waals surface area contributed by atoms with Gasteiger partial charge < -0.3 is 20.3 Å². The molecule has 1 aromatic carbocycles. The molecule has 1 fully saturated rings. The lowest BCUT2D eigenvalue weighted by molar-refractivity contribution is -0.128. The Bertz CT molecular complexity index is 661. The van der Waals surface area contributed by atoms with E-state index in [4.69, 9.17) is 10.5 Å². The molecule has 0 unspecified atom stereocenters. The van der Waals surface area contributed by atoms with Gasteiger partial charge >= 0.3 is 0 Å². The monoisotopic (exact) mass is 369 g/mol. The Balaban J connectivity index is 1.94. The molecule has 0 atom stereocenters. The van der Waals surface area contributed by atoms with Crippen LogP contribution in [-0.4, -0.2) is 70.1 Å². The Kier molecular flexibility index (Phi) is 7.07. The Labute approximate surface area is 149 Å². The summed E-state index contributed by atoms with van der Waals surface area (Å²) in [5, 5.41) is 0. The number of anilines is 1. The maximum Gasteiger partial charge on any atom is 0.237 e. The second-order valence-electron chi connectivity index (χ2n) is 6.03. The third-order valence-electron chi connectivity index (χ3n) is 4.13. The number of amides is 1. The SMILES string of the molecule is CCOc1ccc(N2CCCN(C(=O)CS(=O)(=O)CCN)CC2)cc1. The van der Waals surface area contributed by atoms with E-state index >= 15 is 0 Å². The van der Waals surface area contributed by atoms with E-state index in [9.17, 15) is 13.2 Å². The number of carbonyl (C=O) groups is 1. The first kappa shape index (κ1) is 19.5. The minimum Gasteiger partial charge on any atom is -0.494 e. The van der Waals surface area contributed by atoms with Crippen LogP contribution in [0.5, 0.6) is 5.75 Å². The Morgan fingerprint density at radius 2 is 1.88 bits per heavy atom. The summed E-state index contributed by atoms with van der Waals surface area (Å²) in [6.45, 7) is 5.22. The number of benzene rings is 1. The van der Waals surface area contributed by atoms with Crippen LogP contribution < -0.4 is 15.4 Å². The smallest absolute Gasteiger partial charge is 0.237 e. The third-order valence-corrected chi connectivity index (χ3v) is 5.68. The Hall–Kier alpha value is -1.80. The molecule has 0 bridgehead atoms. The highest BCUT2D eigenvalue weighted by atomic mass is 32.2. The molecule has 25 heavy (non-hydrogen) atoms. The molecule has 0 saturated carbocycles. The van der Waals surface area contributed by atoms with Crippen LogP contribution in [0.15, 0.2) is 24.3 Å². The summed E-state index contributed by atoms with van der Waals surface area (Å²) in [5.41, 5.74) is 6.36. The fourth-order valence-electron chi connectivity index (χ4n) is 2.88. The van der Waals surface area contributed by atoms with Gasteiger partial charge in [0.15, 0.2) is 9.84 Å². The molecule has 1 aromatic rings. The van der Waals surface area contributed by atoms with Crippen LogP contribution >= 0.6 is 0 Å². The minimum atomic E-state index is -3.41. The molecule has 0 radical (unpaired) electrons. The van der Waals surface area contributed by atoms with Gasteiger partial charge in [0.2, 0.25) is 5.91 Å². The lowest BCUT2D eigenvalue weighted by atomic mass is 10.2. The van der Waals surface area contributed by atoms with E-state index in [1.807, 2.05) is 31.2 Å². The number of carbonyl (C=O) groups excluding carboxylic acids is 1. The van der Waals surface area contributed by atoms with Gasteiger partial charge in [0.25, 0.3) is 0 Å². The minimum absolute atomic E-state index is 0.0428. The van der Waals surface area contributed by atoms with Gasteiger partial charge in [-0.15, -0.1) is 0 Å². The summed E-state index contributed by atoms with van der Waals surface area (Å²) >= 11 is 0. The van der Waals surface area contributed by atoms with Crippen molar-refractivity contribution in [1.82, 2.24) is 4.90 Å². The van der Waals surface area contributed by atoms with Crippen molar-refractivity contribution in [2.45, 2.75) is 13.3 Å². The lowest BCUT2D eigenvalue weighted by Gasteiger charge is -2.24. The van der Waals surface area contributed by atoms with Gasteiger partial charge in [-0.2, -0.15) is 0 Å². The summed E-state index contributed by atoms with van der Waals surface area (Å²) in [4.78, 5) is 16.1. The summed E-state index contributed by atoms with van der Waals surface area (Å²) in [5.74, 6) is -0.0945. The Morgan fingerprint density at radius 1 is 1.16 bits per heavy atom. The topological polar surface area (TPSA) is 92.9 Å². The van der Waals surface area contributed by atoms with E-state index in [1.54, 1.807) is 4.90 Å². The zero-order valence-electron chi connectivity index (χ0n) is 14.7. The molecule has 8 heteroatoms. The maximum atomic E-state index is 12.3. The van der Waals surface area contributed by atoms with E-state index in [2.05, 4.69) is 4.90 Å². The van der Waals surface area contributed by atoms with E-state index in [1.165, 1.54) is 0 Å². The van der Waals surface area contributed by atoms with E-state index in [0.29, 0.717) is 26.2 Å². The summed E-state index contributed by atoms with van der Waals surface area (Å²) < 4.78 is 29.0. The van der Waals surface area contributed by atoms with Crippen LogP contribution in [-0.2, 0) is 14.6 Å². The fourth-order valence-corrected chi connectivity index (χ4v) is 3.94. The lowest BCUT2D eigenvalue weighted by Crippen LogP contribution is -2.39. The van der Waals surface area contributed by atoms with Crippen LogP contribution in [0.1, 0.15) is 13.3 Å². The number of hydrogen-bond acceptors (Lipinski definition) is 6. The molecule has 0 aliphatic carbocycles. The second kappa shape index (κ2) is 9.05. The molecule has 1 saturated heterocycles. The molecular formula is C17H27N3O4S. The van der Waals surface area contributed by atoms with E-state index in [-0.39, 0.29) is 18.2 Å². The molecule has 2 N–H and O–H groups in total. The van der Waals surface area contributed by atoms with Gasteiger partial charge in [-0.3, -0.25) is 4.79 Å². The number of ether oxygens (including phenoxy) is 1. The van der Waals surface area contributed by atoms with Gasteiger partial charge in [-0.1, -0.05) is 0 Å². The second-order valence-corrected chi connectivity index (χ2v) is 8.21. The summed E-state index contributed by atoms with van der Waals surface area (Å²) in [6.07, 6.45) is 0.801. The summed E-state index contributed by atoms with van der Waals surface area (Å²) in [6, 6.07) is 7.89. The van der Waals surface area contributed by atoms with Gasteiger partial charge in [-0.25, -0.2) is 8.42 Å². The highest BCUT2D eigenvalue weighted by Crippen LogP contribution is 2.21. The number of hydrogen-bond donors (Lipinski definition) is 1. The largest absolute Gasteiger partial charge is 0.494 e. The Morgan fingerprint density at radius 3 is 2.52 bits per heavy atom. The molecule has 140 valence electrons. The highest BCUT2D eigenvalue weighted by Gasteiger charge is 2.23. The molecule has 1 amide bonds. The van der Waals surface area contributed by atoms with E-state index in [0.717, 1.165) is 24.4 Å². The number of nitrogens with zero attached hydrogens (tertiary/aromatic N) is 2. The first-order valence-corrected chi connectivity index (χ1v) is 10.4. The predicted molar refractivity (Wildman–Crippen MR) is 98.7 cm³/mol. The fraction of sp³-hybridized carbons (Fsp3) is 0.588. The van der Waals surface area contributed by atoms with Gasteiger partial charge in [0.1, 0.15) is 11.5 Å². The molecule has 1 aliphatic rings. The van der Waals surface area contributed by atoms with Crippen molar-refractivity contribution in [3.05, 3.63) is 24.3 Å². The summed E-state index contributed by atoms with van der Waals surface area (Å²) in [7, 11) is -3.41. The van der Waals surface area contributed by atoms with Crippen LogP contribution in [0.4, 0.5) is 5.69 Å². The van der Waals surface area contributed by atoms with Crippen LogP contribution in [0, 0.1) is 0 Å².